The van der Waals surface area contributed by atoms with Crippen LogP contribution in [0.4, 0.5) is 0 Å². The molecule has 0 unspecified atom stereocenters. The van der Waals surface area contributed by atoms with Crippen LogP contribution in [-0.4, -0.2) is 52.0 Å². The molecule has 0 radical (unpaired) electrons. The molecule has 1 amide bonds. The zero-order valence-corrected chi connectivity index (χ0v) is 14.4. The lowest BCUT2D eigenvalue weighted by molar-refractivity contribution is -0.121. The molecular formula is C16H24N2O4S. The minimum atomic E-state index is -3.40. The number of benzene rings is 1. The van der Waals surface area contributed by atoms with Gasteiger partial charge in [0.25, 0.3) is 0 Å². The first-order valence-corrected chi connectivity index (χ1v) is 9.23. The second kappa shape index (κ2) is 7.90. The van der Waals surface area contributed by atoms with Gasteiger partial charge in [0, 0.05) is 33.7 Å². The Morgan fingerprint density at radius 3 is 2.57 bits per heavy atom. The van der Waals surface area contributed by atoms with E-state index in [0.29, 0.717) is 19.4 Å². The van der Waals surface area contributed by atoms with Gasteiger partial charge in [-0.1, -0.05) is 12.1 Å². The lowest BCUT2D eigenvalue weighted by Gasteiger charge is -2.12. The molecule has 1 aromatic carbocycles. The number of carbonyl (C=O) groups is 1. The van der Waals surface area contributed by atoms with Gasteiger partial charge in [-0.25, -0.2) is 12.7 Å². The van der Waals surface area contributed by atoms with Crippen LogP contribution in [0.2, 0.25) is 0 Å². The molecule has 0 aliphatic carbocycles. The number of ether oxygens (including phenoxy) is 1. The van der Waals surface area contributed by atoms with Crippen LogP contribution in [0.15, 0.2) is 29.2 Å². The summed E-state index contributed by atoms with van der Waals surface area (Å²) in [6.45, 7) is 1.35. The molecule has 0 spiro atoms. The van der Waals surface area contributed by atoms with Crippen molar-refractivity contribution in [3.05, 3.63) is 29.8 Å². The maximum absolute atomic E-state index is 12.0. The third-order valence-electron chi connectivity index (χ3n) is 3.89. The predicted octanol–water partition coefficient (Wildman–Crippen LogP) is 1.16. The Morgan fingerprint density at radius 2 is 2.00 bits per heavy atom. The Morgan fingerprint density at radius 1 is 1.30 bits per heavy atom. The maximum atomic E-state index is 12.0. The molecule has 2 rings (SSSR count). The number of sulfonamides is 1. The Labute approximate surface area is 137 Å². The molecule has 1 heterocycles. The number of rotatable bonds is 7. The van der Waals surface area contributed by atoms with Gasteiger partial charge in [0.15, 0.2) is 0 Å². The van der Waals surface area contributed by atoms with Crippen LogP contribution in [0, 0.1) is 0 Å². The summed E-state index contributed by atoms with van der Waals surface area (Å²) in [6.07, 6.45) is 3.17. The standard InChI is InChI=1S/C16H24N2O4S/c1-18(2)23(20,21)15-8-5-13(6-9-15)7-10-16(19)17-12-14-4-3-11-22-14/h5-6,8-9,14H,3-4,7,10-12H2,1-2H3,(H,17,19)/t14-/m1/s1. The molecule has 1 N–H and O–H groups in total. The van der Waals surface area contributed by atoms with Crippen LogP contribution >= 0.6 is 0 Å². The summed E-state index contributed by atoms with van der Waals surface area (Å²) in [5.41, 5.74) is 0.940. The van der Waals surface area contributed by atoms with Crippen molar-refractivity contribution in [1.82, 2.24) is 9.62 Å². The minimum Gasteiger partial charge on any atom is -0.376 e. The molecule has 1 fully saturated rings. The molecule has 1 atom stereocenters. The Kier molecular flexibility index (Phi) is 6.15. The average Bonchev–Trinajstić information content (AvgIpc) is 3.04. The highest BCUT2D eigenvalue weighted by atomic mass is 32.2. The van der Waals surface area contributed by atoms with Crippen LogP contribution in [0.5, 0.6) is 0 Å². The number of nitrogens with zero attached hydrogens (tertiary/aromatic N) is 1. The average molecular weight is 340 g/mol. The van der Waals surface area contributed by atoms with E-state index in [1.54, 1.807) is 24.3 Å². The van der Waals surface area contributed by atoms with Crippen molar-refractivity contribution in [2.24, 2.45) is 0 Å². The van der Waals surface area contributed by atoms with Crippen molar-refractivity contribution in [3.8, 4) is 0 Å². The summed E-state index contributed by atoms with van der Waals surface area (Å²) in [5.74, 6) is -0.00881. The van der Waals surface area contributed by atoms with E-state index in [1.807, 2.05) is 0 Å². The molecule has 1 aliphatic heterocycles. The third kappa shape index (κ3) is 5.02. The monoisotopic (exact) mass is 340 g/mol. The normalized spacial score (nSPS) is 18.3. The number of nitrogens with one attached hydrogen (secondary N) is 1. The van der Waals surface area contributed by atoms with Crippen molar-refractivity contribution in [2.45, 2.75) is 36.7 Å². The highest BCUT2D eigenvalue weighted by Crippen LogP contribution is 2.15. The Bertz CT molecular complexity index is 620. The molecular weight excluding hydrogens is 316 g/mol. The highest BCUT2D eigenvalue weighted by molar-refractivity contribution is 7.89. The smallest absolute Gasteiger partial charge is 0.242 e. The van der Waals surface area contributed by atoms with Crippen molar-refractivity contribution < 1.29 is 17.9 Å². The van der Waals surface area contributed by atoms with Gasteiger partial charge in [0.1, 0.15) is 0 Å². The number of aryl methyl sites for hydroxylation is 1. The van der Waals surface area contributed by atoms with Crippen molar-refractivity contribution in [3.63, 3.8) is 0 Å². The van der Waals surface area contributed by atoms with Crippen LogP contribution in [0.3, 0.4) is 0 Å². The molecule has 1 aromatic rings. The first-order chi connectivity index (χ1) is 10.9. The van der Waals surface area contributed by atoms with Crippen LogP contribution in [0.25, 0.3) is 0 Å². The van der Waals surface area contributed by atoms with Gasteiger partial charge in [-0.3, -0.25) is 4.79 Å². The van der Waals surface area contributed by atoms with Gasteiger partial charge in [0.05, 0.1) is 11.0 Å². The second-order valence-corrected chi connectivity index (χ2v) is 8.02. The number of hydrogen-bond donors (Lipinski definition) is 1. The van der Waals surface area contributed by atoms with Crippen LogP contribution in [-0.2, 0) is 26.0 Å². The molecule has 7 heteroatoms. The molecule has 0 aromatic heterocycles. The zero-order valence-electron chi connectivity index (χ0n) is 13.6. The first kappa shape index (κ1) is 17.9. The summed E-state index contributed by atoms with van der Waals surface area (Å²) in [5, 5.41) is 2.88. The third-order valence-corrected chi connectivity index (χ3v) is 5.72. The zero-order chi connectivity index (χ0) is 16.9. The van der Waals surface area contributed by atoms with Crippen molar-refractivity contribution in [1.29, 1.82) is 0 Å². The fraction of sp³-hybridized carbons (Fsp3) is 0.562. The van der Waals surface area contributed by atoms with Gasteiger partial charge in [0.2, 0.25) is 15.9 Å². The van der Waals surface area contributed by atoms with E-state index in [0.717, 1.165) is 25.0 Å². The summed E-state index contributed by atoms with van der Waals surface area (Å²) in [6, 6.07) is 6.66. The van der Waals surface area contributed by atoms with Gasteiger partial charge in [-0.2, -0.15) is 0 Å². The van der Waals surface area contributed by atoms with E-state index in [4.69, 9.17) is 4.74 Å². The fourth-order valence-electron chi connectivity index (χ4n) is 2.42. The summed E-state index contributed by atoms with van der Waals surface area (Å²) < 4.78 is 30.6. The molecule has 6 nitrogen and oxygen atoms in total. The summed E-state index contributed by atoms with van der Waals surface area (Å²) in [4.78, 5) is 12.1. The lowest BCUT2D eigenvalue weighted by atomic mass is 10.1. The van der Waals surface area contributed by atoms with Crippen molar-refractivity contribution in [2.75, 3.05) is 27.2 Å². The number of carbonyl (C=O) groups excluding carboxylic acids is 1. The summed E-state index contributed by atoms with van der Waals surface area (Å²) >= 11 is 0. The van der Waals surface area contributed by atoms with Gasteiger partial charge >= 0.3 is 0 Å². The van der Waals surface area contributed by atoms with E-state index in [1.165, 1.54) is 18.4 Å². The van der Waals surface area contributed by atoms with E-state index in [-0.39, 0.29) is 16.9 Å². The maximum Gasteiger partial charge on any atom is 0.242 e. The molecule has 0 saturated carbocycles. The lowest BCUT2D eigenvalue weighted by Crippen LogP contribution is -2.31. The van der Waals surface area contributed by atoms with Crippen molar-refractivity contribution >= 4 is 15.9 Å². The topological polar surface area (TPSA) is 75.7 Å². The van der Waals surface area contributed by atoms with Gasteiger partial charge in [-0.15, -0.1) is 0 Å². The molecule has 128 valence electrons. The predicted molar refractivity (Wildman–Crippen MR) is 87.6 cm³/mol. The molecule has 23 heavy (non-hydrogen) atoms. The van der Waals surface area contributed by atoms with E-state index in [9.17, 15) is 13.2 Å². The van der Waals surface area contributed by atoms with Crippen LogP contribution in [0.1, 0.15) is 24.8 Å². The largest absolute Gasteiger partial charge is 0.376 e. The molecule has 1 aliphatic rings. The van der Waals surface area contributed by atoms with Gasteiger partial charge < -0.3 is 10.1 Å². The Balaban J connectivity index is 1.80. The molecule has 1 saturated heterocycles. The molecule has 0 bridgehead atoms. The quantitative estimate of drug-likeness (QED) is 0.808. The number of amides is 1. The van der Waals surface area contributed by atoms with E-state index in [2.05, 4.69) is 5.32 Å². The second-order valence-electron chi connectivity index (χ2n) is 5.87. The Hall–Kier alpha value is -1.44. The SMILES string of the molecule is CN(C)S(=O)(=O)c1ccc(CCC(=O)NC[C@H]2CCCO2)cc1. The first-order valence-electron chi connectivity index (χ1n) is 7.79. The van der Waals surface area contributed by atoms with Crippen LogP contribution < -0.4 is 5.32 Å². The highest BCUT2D eigenvalue weighted by Gasteiger charge is 2.17. The minimum absolute atomic E-state index is 0.00881. The fourth-order valence-corrected chi connectivity index (χ4v) is 3.32. The number of hydrogen-bond acceptors (Lipinski definition) is 4. The van der Waals surface area contributed by atoms with E-state index < -0.39 is 10.0 Å². The van der Waals surface area contributed by atoms with E-state index >= 15 is 0 Å². The van der Waals surface area contributed by atoms with Gasteiger partial charge in [-0.05, 0) is 37.0 Å². The summed E-state index contributed by atoms with van der Waals surface area (Å²) in [7, 11) is -0.400.